The summed E-state index contributed by atoms with van der Waals surface area (Å²) in [5.74, 6) is 0.917. The molecule has 1 saturated carbocycles. The average Bonchev–Trinajstić information content (AvgIpc) is 2.54. The van der Waals surface area contributed by atoms with Crippen LogP contribution in [0.25, 0.3) is 0 Å². The monoisotopic (exact) mass is 322 g/mol. The molecule has 0 aromatic carbocycles. The van der Waals surface area contributed by atoms with Crippen molar-refractivity contribution in [1.82, 2.24) is 0 Å². The van der Waals surface area contributed by atoms with E-state index in [0.29, 0.717) is 11.8 Å². The molecule has 0 aromatic rings. The van der Waals surface area contributed by atoms with E-state index in [0.717, 1.165) is 31.3 Å². The summed E-state index contributed by atoms with van der Waals surface area (Å²) in [6.07, 6.45) is 10.5. The van der Waals surface area contributed by atoms with Gasteiger partial charge in [-0.3, -0.25) is 0 Å². The average molecular weight is 322 g/mol. The Morgan fingerprint density at radius 1 is 1.26 bits per heavy atom. The van der Waals surface area contributed by atoms with Crippen molar-refractivity contribution < 1.29 is 15.3 Å². The Balaban J connectivity index is 2.26. The van der Waals surface area contributed by atoms with Gasteiger partial charge in [0.25, 0.3) is 0 Å². The third-order valence-electron chi connectivity index (χ3n) is 7.10. The predicted molar refractivity (Wildman–Crippen MR) is 94.0 cm³/mol. The lowest BCUT2D eigenvalue weighted by atomic mass is 9.46. The third kappa shape index (κ3) is 3.42. The molecular formula is C20H34O3. The second-order valence-corrected chi connectivity index (χ2v) is 8.06. The highest BCUT2D eigenvalue weighted by molar-refractivity contribution is 5.21. The molecule has 0 heterocycles. The van der Waals surface area contributed by atoms with Gasteiger partial charge in [-0.2, -0.15) is 0 Å². The van der Waals surface area contributed by atoms with Crippen molar-refractivity contribution in [3.8, 4) is 0 Å². The quantitative estimate of drug-likeness (QED) is 0.656. The van der Waals surface area contributed by atoms with E-state index in [1.165, 1.54) is 18.4 Å². The first-order valence-electron chi connectivity index (χ1n) is 9.10. The van der Waals surface area contributed by atoms with Crippen LogP contribution in [0.15, 0.2) is 23.3 Å². The number of allylic oxidation sites excluding steroid dienone is 2. The molecule has 0 radical (unpaired) electrons. The second kappa shape index (κ2) is 7.50. The van der Waals surface area contributed by atoms with Gasteiger partial charge < -0.3 is 15.3 Å². The largest absolute Gasteiger partial charge is 0.396 e. The van der Waals surface area contributed by atoms with Crippen LogP contribution >= 0.6 is 0 Å². The Morgan fingerprint density at radius 3 is 2.61 bits per heavy atom. The Labute approximate surface area is 141 Å². The van der Waals surface area contributed by atoms with Gasteiger partial charge in [-0.1, -0.05) is 31.6 Å². The first-order chi connectivity index (χ1) is 10.9. The smallest absolute Gasteiger partial charge is 0.0642 e. The van der Waals surface area contributed by atoms with Crippen LogP contribution in [0.3, 0.4) is 0 Å². The van der Waals surface area contributed by atoms with Gasteiger partial charge in [0.15, 0.2) is 0 Å². The molecule has 23 heavy (non-hydrogen) atoms. The molecule has 132 valence electrons. The van der Waals surface area contributed by atoms with Gasteiger partial charge in [0.05, 0.1) is 13.2 Å². The van der Waals surface area contributed by atoms with E-state index in [-0.39, 0.29) is 30.7 Å². The number of fused-ring (bicyclic) bond motifs is 1. The van der Waals surface area contributed by atoms with E-state index >= 15 is 0 Å². The lowest BCUT2D eigenvalue weighted by molar-refractivity contribution is -0.0714. The molecule has 0 aliphatic heterocycles. The summed E-state index contributed by atoms with van der Waals surface area (Å²) >= 11 is 0. The van der Waals surface area contributed by atoms with Gasteiger partial charge in [0, 0.05) is 6.61 Å². The van der Waals surface area contributed by atoms with Crippen molar-refractivity contribution in [3.63, 3.8) is 0 Å². The molecule has 3 N–H and O–H groups in total. The van der Waals surface area contributed by atoms with Crippen LogP contribution in [-0.4, -0.2) is 35.1 Å². The standard InChI is InChI=1S/C20H34O3/c1-15-5-4-6-18-19(15,2)11-8-17(14-23)20(18,3)10-7-16(13-22)9-12-21/h5,9,17-18,21-23H,4,6-8,10-14H2,1-3H3. The Kier molecular flexibility index (Phi) is 6.10. The minimum atomic E-state index is -0.0149. The van der Waals surface area contributed by atoms with Crippen molar-refractivity contribution in [2.45, 2.75) is 59.3 Å². The van der Waals surface area contributed by atoms with Crippen molar-refractivity contribution in [2.24, 2.45) is 22.7 Å². The molecule has 0 saturated heterocycles. The molecule has 0 spiro atoms. The Morgan fingerprint density at radius 2 is 2.00 bits per heavy atom. The van der Waals surface area contributed by atoms with E-state index in [1.54, 1.807) is 6.08 Å². The maximum absolute atomic E-state index is 9.97. The van der Waals surface area contributed by atoms with Crippen LogP contribution < -0.4 is 0 Å². The molecule has 2 aliphatic carbocycles. The maximum Gasteiger partial charge on any atom is 0.0642 e. The van der Waals surface area contributed by atoms with Crippen LogP contribution in [-0.2, 0) is 0 Å². The highest BCUT2D eigenvalue weighted by Gasteiger charge is 2.53. The number of aliphatic hydroxyl groups is 3. The van der Waals surface area contributed by atoms with E-state index in [4.69, 9.17) is 5.11 Å². The van der Waals surface area contributed by atoms with E-state index in [2.05, 4.69) is 26.8 Å². The molecule has 2 aliphatic rings. The summed E-state index contributed by atoms with van der Waals surface area (Å²) in [6, 6.07) is 0. The van der Waals surface area contributed by atoms with Crippen LogP contribution in [0, 0.1) is 22.7 Å². The predicted octanol–water partition coefficient (Wildman–Crippen LogP) is 3.45. The summed E-state index contributed by atoms with van der Waals surface area (Å²) in [5, 5.41) is 28.6. The van der Waals surface area contributed by atoms with Crippen LogP contribution in [0.5, 0.6) is 0 Å². The van der Waals surface area contributed by atoms with Crippen LogP contribution in [0.4, 0.5) is 0 Å². The molecule has 3 heteroatoms. The summed E-state index contributed by atoms with van der Waals surface area (Å²) in [7, 11) is 0. The number of hydrogen-bond donors (Lipinski definition) is 3. The topological polar surface area (TPSA) is 60.7 Å². The maximum atomic E-state index is 9.97. The number of hydrogen-bond acceptors (Lipinski definition) is 3. The highest BCUT2D eigenvalue weighted by Crippen LogP contribution is 2.61. The molecule has 0 bridgehead atoms. The molecule has 1 fully saturated rings. The highest BCUT2D eigenvalue weighted by atomic mass is 16.3. The Bertz CT molecular complexity index is 468. The molecular weight excluding hydrogens is 288 g/mol. The minimum absolute atomic E-state index is 0.0149. The zero-order valence-electron chi connectivity index (χ0n) is 15.0. The zero-order chi connectivity index (χ0) is 17.1. The van der Waals surface area contributed by atoms with Crippen LogP contribution in [0.1, 0.15) is 59.3 Å². The number of aliphatic hydroxyl groups excluding tert-OH is 3. The molecule has 2 rings (SSSR count). The third-order valence-corrected chi connectivity index (χ3v) is 7.10. The van der Waals surface area contributed by atoms with Gasteiger partial charge in [0.2, 0.25) is 0 Å². The van der Waals surface area contributed by atoms with Gasteiger partial charge in [0.1, 0.15) is 0 Å². The van der Waals surface area contributed by atoms with E-state index < -0.39 is 0 Å². The van der Waals surface area contributed by atoms with Gasteiger partial charge >= 0.3 is 0 Å². The summed E-state index contributed by atoms with van der Waals surface area (Å²) in [6.45, 7) is 7.29. The fraction of sp³-hybridized carbons (Fsp3) is 0.800. The Hall–Kier alpha value is -0.640. The summed E-state index contributed by atoms with van der Waals surface area (Å²) in [5.41, 5.74) is 2.77. The first-order valence-corrected chi connectivity index (χ1v) is 9.10. The summed E-state index contributed by atoms with van der Waals surface area (Å²) in [4.78, 5) is 0. The molecule has 0 aromatic heterocycles. The fourth-order valence-corrected chi connectivity index (χ4v) is 5.29. The summed E-state index contributed by atoms with van der Waals surface area (Å²) < 4.78 is 0. The fourth-order valence-electron chi connectivity index (χ4n) is 5.29. The molecule has 3 nitrogen and oxygen atoms in total. The zero-order valence-corrected chi connectivity index (χ0v) is 15.0. The van der Waals surface area contributed by atoms with Gasteiger partial charge in [-0.15, -0.1) is 0 Å². The van der Waals surface area contributed by atoms with E-state index in [1.807, 2.05) is 0 Å². The molecule has 4 unspecified atom stereocenters. The first kappa shape index (κ1) is 18.7. The van der Waals surface area contributed by atoms with Crippen molar-refractivity contribution in [3.05, 3.63) is 23.3 Å². The van der Waals surface area contributed by atoms with Gasteiger partial charge in [-0.05, 0) is 73.7 Å². The lowest BCUT2D eigenvalue weighted by Crippen LogP contribution is -2.51. The second-order valence-electron chi connectivity index (χ2n) is 8.06. The molecule has 4 atom stereocenters. The lowest BCUT2D eigenvalue weighted by Gasteiger charge is -2.58. The SMILES string of the molecule is CC1=CCCC2C1(C)CCC(CO)C2(C)CCC(=CCO)CO. The van der Waals surface area contributed by atoms with Crippen LogP contribution in [0.2, 0.25) is 0 Å². The van der Waals surface area contributed by atoms with Crippen molar-refractivity contribution in [2.75, 3.05) is 19.8 Å². The van der Waals surface area contributed by atoms with Crippen molar-refractivity contribution >= 4 is 0 Å². The normalized spacial score (nSPS) is 38.2. The van der Waals surface area contributed by atoms with Gasteiger partial charge in [-0.25, -0.2) is 0 Å². The number of rotatable bonds is 6. The minimum Gasteiger partial charge on any atom is -0.396 e. The molecule has 0 amide bonds. The van der Waals surface area contributed by atoms with Crippen molar-refractivity contribution in [1.29, 1.82) is 0 Å². The van der Waals surface area contributed by atoms with E-state index in [9.17, 15) is 10.2 Å².